The zero-order valence-corrected chi connectivity index (χ0v) is 11.9. The van der Waals surface area contributed by atoms with E-state index in [1.165, 1.54) is 0 Å². The maximum atomic E-state index is 11.8. The molecule has 104 valence electrons. The molecule has 2 N–H and O–H groups in total. The topological polar surface area (TPSA) is 73.7 Å². The molecule has 0 aliphatic carbocycles. The predicted octanol–water partition coefficient (Wildman–Crippen LogP) is -0.760. The number of carbonyl (C=O) groups excluding carboxylic acids is 2. The molecule has 0 heterocycles. The summed E-state index contributed by atoms with van der Waals surface area (Å²) in [5, 5.41) is 14.1. The average molecular weight is 285 g/mol. The van der Waals surface area contributed by atoms with Crippen LogP contribution in [0.4, 0.5) is 5.69 Å². The van der Waals surface area contributed by atoms with Gasteiger partial charge in [0, 0.05) is 10.7 Å². The Hall–Kier alpha value is -1.59. The lowest BCUT2D eigenvalue weighted by Crippen LogP contribution is -3.12. The first-order chi connectivity index (χ1) is 8.81. The molecule has 0 aliphatic rings. The van der Waals surface area contributed by atoms with Gasteiger partial charge in [-0.25, -0.2) is 0 Å². The Morgan fingerprint density at radius 1 is 1.42 bits per heavy atom. The van der Waals surface area contributed by atoms with Crippen molar-refractivity contribution in [2.45, 2.75) is 19.4 Å². The first-order valence-electron chi connectivity index (χ1n) is 5.88. The normalized spacial score (nSPS) is 12.3. The molecule has 1 atom stereocenters. The number of quaternary nitrogens is 1. The number of carboxylic acids is 1. The number of carbonyl (C=O) groups is 2. The van der Waals surface area contributed by atoms with E-state index in [0.29, 0.717) is 15.6 Å². The van der Waals surface area contributed by atoms with Crippen LogP contribution in [0.25, 0.3) is 0 Å². The van der Waals surface area contributed by atoms with Crippen LogP contribution in [0, 0.1) is 6.92 Å². The van der Waals surface area contributed by atoms with Gasteiger partial charge in [-0.3, -0.25) is 4.79 Å². The fourth-order valence-corrected chi connectivity index (χ4v) is 1.81. The number of amides is 1. The monoisotopic (exact) mass is 284 g/mol. The van der Waals surface area contributed by atoms with Gasteiger partial charge in [-0.05, 0) is 24.6 Å². The second-order valence-corrected chi connectivity index (χ2v) is 5.10. The van der Waals surface area contributed by atoms with Crippen molar-refractivity contribution in [3.8, 4) is 0 Å². The number of likely N-dealkylation sites (N-methyl/N-ethyl adjacent to an activating group) is 1. The SMILES string of the molecule is Cc1ccc(Cl)cc1NC(=O)C[C@H](C(=O)[O-])[NH+](C)C. The van der Waals surface area contributed by atoms with E-state index in [4.69, 9.17) is 11.6 Å². The first-order valence-corrected chi connectivity index (χ1v) is 6.26. The molecule has 1 amide bonds. The van der Waals surface area contributed by atoms with Gasteiger partial charge in [-0.2, -0.15) is 0 Å². The van der Waals surface area contributed by atoms with E-state index in [0.717, 1.165) is 5.56 Å². The number of aryl methyl sites for hydroxylation is 1. The Morgan fingerprint density at radius 3 is 2.58 bits per heavy atom. The van der Waals surface area contributed by atoms with Crippen molar-refractivity contribution >= 4 is 29.2 Å². The van der Waals surface area contributed by atoms with E-state index < -0.39 is 12.0 Å². The van der Waals surface area contributed by atoms with Gasteiger partial charge in [0.2, 0.25) is 5.91 Å². The highest BCUT2D eigenvalue weighted by atomic mass is 35.5. The molecule has 5 nitrogen and oxygen atoms in total. The second-order valence-electron chi connectivity index (χ2n) is 4.66. The molecular formula is C13H17ClN2O3. The van der Waals surface area contributed by atoms with Crippen LogP contribution in [0.1, 0.15) is 12.0 Å². The number of hydrogen-bond acceptors (Lipinski definition) is 3. The van der Waals surface area contributed by atoms with E-state index in [-0.39, 0.29) is 12.3 Å². The molecular weight excluding hydrogens is 268 g/mol. The minimum Gasteiger partial charge on any atom is -0.544 e. The minimum absolute atomic E-state index is 0.142. The van der Waals surface area contributed by atoms with E-state index in [1.807, 2.05) is 6.92 Å². The largest absolute Gasteiger partial charge is 0.544 e. The Kier molecular flexibility index (Phi) is 5.32. The molecule has 0 radical (unpaired) electrons. The number of carboxylic acid groups (broad SMARTS) is 1. The highest BCUT2D eigenvalue weighted by molar-refractivity contribution is 6.31. The molecule has 19 heavy (non-hydrogen) atoms. The summed E-state index contributed by atoms with van der Waals surface area (Å²) in [4.78, 5) is 23.4. The number of hydrogen-bond donors (Lipinski definition) is 2. The lowest BCUT2D eigenvalue weighted by Gasteiger charge is -2.21. The molecule has 0 aliphatic heterocycles. The third kappa shape index (κ3) is 4.54. The third-order valence-corrected chi connectivity index (χ3v) is 3.08. The Balaban J connectivity index is 2.74. The van der Waals surface area contributed by atoms with Crippen molar-refractivity contribution in [3.05, 3.63) is 28.8 Å². The molecule has 1 aromatic rings. The smallest absolute Gasteiger partial charge is 0.230 e. The summed E-state index contributed by atoms with van der Waals surface area (Å²) < 4.78 is 0. The molecule has 0 fully saturated rings. The fourth-order valence-electron chi connectivity index (χ4n) is 1.64. The van der Waals surface area contributed by atoms with Crippen molar-refractivity contribution in [3.63, 3.8) is 0 Å². The maximum absolute atomic E-state index is 11.8. The lowest BCUT2D eigenvalue weighted by molar-refractivity contribution is -0.878. The maximum Gasteiger partial charge on any atom is 0.230 e. The highest BCUT2D eigenvalue weighted by Crippen LogP contribution is 2.20. The number of benzene rings is 1. The van der Waals surface area contributed by atoms with E-state index >= 15 is 0 Å². The summed E-state index contributed by atoms with van der Waals surface area (Å²) in [7, 11) is 3.33. The van der Waals surface area contributed by atoms with Gasteiger partial charge >= 0.3 is 0 Å². The van der Waals surface area contributed by atoms with E-state index in [2.05, 4.69) is 5.32 Å². The highest BCUT2D eigenvalue weighted by Gasteiger charge is 2.21. The zero-order valence-electron chi connectivity index (χ0n) is 11.1. The van der Waals surface area contributed by atoms with Gasteiger partial charge in [-0.1, -0.05) is 17.7 Å². The number of anilines is 1. The van der Waals surface area contributed by atoms with Crippen molar-refractivity contribution in [2.24, 2.45) is 0 Å². The predicted molar refractivity (Wildman–Crippen MR) is 71.0 cm³/mol. The van der Waals surface area contributed by atoms with Crippen LogP contribution in [-0.2, 0) is 9.59 Å². The summed E-state index contributed by atoms with van der Waals surface area (Å²) in [5.74, 6) is -1.61. The van der Waals surface area contributed by atoms with Crippen LogP contribution in [-0.4, -0.2) is 32.0 Å². The van der Waals surface area contributed by atoms with Crippen molar-refractivity contribution in [1.29, 1.82) is 0 Å². The lowest BCUT2D eigenvalue weighted by atomic mass is 10.1. The Morgan fingerprint density at radius 2 is 2.05 bits per heavy atom. The van der Waals surface area contributed by atoms with Crippen LogP contribution in [0.2, 0.25) is 5.02 Å². The summed E-state index contributed by atoms with van der Waals surface area (Å²) in [6.45, 7) is 1.83. The fraction of sp³-hybridized carbons (Fsp3) is 0.385. The van der Waals surface area contributed by atoms with Crippen LogP contribution in [0.5, 0.6) is 0 Å². The standard InChI is InChI=1S/C13H17ClN2O3/c1-8-4-5-9(14)6-10(8)15-12(17)7-11(13(18)19)16(2)3/h4-6,11H,7H2,1-3H3,(H,15,17)(H,18,19)/t11-/m1/s1. The van der Waals surface area contributed by atoms with Crippen LogP contribution < -0.4 is 15.3 Å². The minimum atomic E-state index is -1.24. The Bertz CT molecular complexity index is 489. The molecule has 0 unspecified atom stereocenters. The van der Waals surface area contributed by atoms with Gasteiger partial charge in [-0.15, -0.1) is 0 Å². The van der Waals surface area contributed by atoms with Crippen molar-refractivity contribution < 1.29 is 19.6 Å². The molecule has 0 saturated heterocycles. The summed E-state index contributed by atoms with van der Waals surface area (Å²) in [6.07, 6.45) is -0.142. The van der Waals surface area contributed by atoms with Crippen molar-refractivity contribution in [1.82, 2.24) is 0 Å². The molecule has 1 rings (SSSR count). The molecule has 6 heteroatoms. The van der Waals surface area contributed by atoms with Gasteiger partial charge in [0.05, 0.1) is 26.5 Å². The molecule has 1 aromatic carbocycles. The summed E-state index contributed by atoms with van der Waals surface area (Å²) in [6, 6.07) is 4.26. The van der Waals surface area contributed by atoms with Gasteiger partial charge in [0.1, 0.15) is 6.04 Å². The van der Waals surface area contributed by atoms with Crippen LogP contribution in [0.3, 0.4) is 0 Å². The molecule has 0 aromatic heterocycles. The third-order valence-electron chi connectivity index (χ3n) is 2.84. The molecule has 0 saturated carbocycles. The van der Waals surface area contributed by atoms with Crippen LogP contribution in [0.15, 0.2) is 18.2 Å². The average Bonchev–Trinajstić information content (AvgIpc) is 2.30. The zero-order chi connectivity index (χ0) is 14.6. The van der Waals surface area contributed by atoms with Gasteiger partial charge in [0.15, 0.2) is 0 Å². The second kappa shape index (κ2) is 6.54. The quantitative estimate of drug-likeness (QED) is 0.746. The van der Waals surface area contributed by atoms with Gasteiger partial charge < -0.3 is 20.1 Å². The number of rotatable bonds is 5. The van der Waals surface area contributed by atoms with Crippen LogP contribution >= 0.6 is 11.6 Å². The number of aliphatic carboxylic acids is 1. The first kappa shape index (κ1) is 15.5. The summed E-state index contributed by atoms with van der Waals surface area (Å²) in [5.41, 5.74) is 1.45. The Labute approximate surface area is 117 Å². The van der Waals surface area contributed by atoms with Gasteiger partial charge in [0.25, 0.3) is 0 Å². The summed E-state index contributed by atoms with van der Waals surface area (Å²) >= 11 is 5.85. The van der Waals surface area contributed by atoms with E-state index in [9.17, 15) is 14.7 Å². The van der Waals surface area contributed by atoms with E-state index in [1.54, 1.807) is 32.3 Å². The molecule has 0 bridgehead atoms. The molecule has 0 spiro atoms. The van der Waals surface area contributed by atoms with Crippen molar-refractivity contribution in [2.75, 3.05) is 19.4 Å². The number of halogens is 1. The number of nitrogens with one attached hydrogen (secondary N) is 2.